The molecule has 0 aromatic heterocycles. The van der Waals surface area contributed by atoms with Crippen molar-refractivity contribution < 1.29 is 4.79 Å². The van der Waals surface area contributed by atoms with Gasteiger partial charge in [0.25, 0.3) is 0 Å². The highest BCUT2D eigenvalue weighted by molar-refractivity contribution is 5.85. The van der Waals surface area contributed by atoms with Crippen LogP contribution in [-0.2, 0) is 4.79 Å². The van der Waals surface area contributed by atoms with Gasteiger partial charge in [-0.05, 0) is 32.2 Å². The van der Waals surface area contributed by atoms with Crippen LogP contribution in [0.15, 0.2) is 0 Å². The molecule has 17 heavy (non-hydrogen) atoms. The SMILES string of the molecule is CCN1CCC(N(C)C(=O)C2(CN)CC2)CC1. The number of carbonyl (C=O) groups excluding carboxylic acids is 1. The quantitative estimate of drug-likeness (QED) is 0.784. The van der Waals surface area contributed by atoms with E-state index in [1.807, 2.05) is 11.9 Å². The normalized spacial score (nSPS) is 24.6. The average molecular weight is 239 g/mol. The van der Waals surface area contributed by atoms with E-state index in [9.17, 15) is 4.79 Å². The maximum atomic E-state index is 12.3. The third kappa shape index (κ3) is 2.47. The highest BCUT2D eigenvalue weighted by atomic mass is 16.2. The maximum Gasteiger partial charge on any atom is 0.230 e. The van der Waals surface area contributed by atoms with Crippen LogP contribution in [0.4, 0.5) is 0 Å². The van der Waals surface area contributed by atoms with E-state index < -0.39 is 0 Å². The monoisotopic (exact) mass is 239 g/mol. The Balaban J connectivity index is 1.88. The van der Waals surface area contributed by atoms with Gasteiger partial charge < -0.3 is 15.5 Å². The average Bonchev–Trinajstić information content (AvgIpc) is 3.18. The number of nitrogens with two attached hydrogens (primary N) is 1. The van der Waals surface area contributed by atoms with Crippen molar-refractivity contribution in [2.24, 2.45) is 11.1 Å². The van der Waals surface area contributed by atoms with Crippen LogP contribution in [-0.4, -0.2) is 55.0 Å². The molecule has 4 heteroatoms. The molecular weight excluding hydrogens is 214 g/mol. The lowest BCUT2D eigenvalue weighted by molar-refractivity contribution is -0.138. The molecule has 0 atom stereocenters. The van der Waals surface area contributed by atoms with Gasteiger partial charge in [-0.3, -0.25) is 4.79 Å². The van der Waals surface area contributed by atoms with E-state index in [-0.39, 0.29) is 11.3 Å². The molecule has 4 nitrogen and oxygen atoms in total. The van der Waals surface area contributed by atoms with Crippen molar-refractivity contribution in [3.05, 3.63) is 0 Å². The molecule has 2 fully saturated rings. The molecule has 0 bridgehead atoms. The van der Waals surface area contributed by atoms with Gasteiger partial charge in [-0.15, -0.1) is 0 Å². The highest BCUT2D eigenvalue weighted by Crippen LogP contribution is 2.46. The molecule has 2 N–H and O–H groups in total. The number of piperidine rings is 1. The van der Waals surface area contributed by atoms with Gasteiger partial charge in [-0.2, -0.15) is 0 Å². The Kier molecular flexibility index (Phi) is 3.73. The lowest BCUT2D eigenvalue weighted by atomic mass is 9.99. The summed E-state index contributed by atoms with van der Waals surface area (Å²) in [5, 5.41) is 0. The molecule has 1 amide bonds. The summed E-state index contributed by atoms with van der Waals surface area (Å²) in [5.74, 6) is 0.287. The van der Waals surface area contributed by atoms with E-state index >= 15 is 0 Å². The molecule has 0 unspecified atom stereocenters. The van der Waals surface area contributed by atoms with Crippen LogP contribution in [0.3, 0.4) is 0 Å². The minimum Gasteiger partial charge on any atom is -0.342 e. The number of hydrogen-bond donors (Lipinski definition) is 1. The van der Waals surface area contributed by atoms with Crippen LogP contribution in [0.25, 0.3) is 0 Å². The predicted molar refractivity (Wildman–Crippen MR) is 68.6 cm³/mol. The number of rotatable bonds is 4. The maximum absolute atomic E-state index is 12.3. The fourth-order valence-corrected chi connectivity index (χ4v) is 2.82. The Hall–Kier alpha value is -0.610. The number of nitrogens with zero attached hydrogens (tertiary/aromatic N) is 2. The summed E-state index contributed by atoms with van der Waals surface area (Å²) < 4.78 is 0. The molecular formula is C13H25N3O. The number of carbonyl (C=O) groups is 1. The van der Waals surface area contributed by atoms with Crippen molar-refractivity contribution in [3.8, 4) is 0 Å². The van der Waals surface area contributed by atoms with E-state index in [4.69, 9.17) is 5.73 Å². The standard InChI is InChI=1S/C13H25N3O/c1-3-16-8-4-11(5-9-16)15(2)12(17)13(10-14)6-7-13/h11H,3-10,14H2,1-2H3. The Labute approximate surface area is 104 Å². The fourth-order valence-electron chi connectivity index (χ4n) is 2.82. The largest absolute Gasteiger partial charge is 0.342 e. The van der Waals surface area contributed by atoms with Crippen molar-refractivity contribution >= 4 is 5.91 Å². The van der Waals surface area contributed by atoms with E-state index in [1.165, 1.54) is 0 Å². The number of amides is 1. The lowest BCUT2D eigenvalue weighted by Crippen LogP contribution is -2.48. The zero-order chi connectivity index (χ0) is 12.5. The van der Waals surface area contributed by atoms with Crippen LogP contribution in [0.1, 0.15) is 32.6 Å². The molecule has 2 rings (SSSR count). The van der Waals surface area contributed by atoms with Crippen LogP contribution in [0, 0.1) is 5.41 Å². The molecule has 1 saturated carbocycles. The molecule has 98 valence electrons. The highest BCUT2D eigenvalue weighted by Gasteiger charge is 2.50. The Morgan fingerprint density at radius 3 is 2.41 bits per heavy atom. The summed E-state index contributed by atoms with van der Waals surface area (Å²) in [5.41, 5.74) is 5.54. The second kappa shape index (κ2) is 4.94. The van der Waals surface area contributed by atoms with Gasteiger partial charge in [0.05, 0.1) is 5.41 Å². The van der Waals surface area contributed by atoms with Crippen molar-refractivity contribution in [2.45, 2.75) is 38.6 Å². The van der Waals surface area contributed by atoms with E-state index in [0.29, 0.717) is 12.6 Å². The summed E-state index contributed by atoms with van der Waals surface area (Å²) >= 11 is 0. The van der Waals surface area contributed by atoms with E-state index in [1.54, 1.807) is 0 Å². The Morgan fingerprint density at radius 2 is 2.00 bits per heavy atom. The van der Waals surface area contributed by atoms with Crippen molar-refractivity contribution in [2.75, 3.05) is 33.2 Å². The Morgan fingerprint density at radius 1 is 1.41 bits per heavy atom. The van der Waals surface area contributed by atoms with E-state index in [0.717, 1.165) is 45.3 Å². The third-order valence-corrected chi connectivity index (χ3v) is 4.57. The first kappa shape index (κ1) is 12.8. The molecule has 1 saturated heterocycles. The smallest absolute Gasteiger partial charge is 0.230 e. The van der Waals surface area contributed by atoms with Crippen molar-refractivity contribution in [3.63, 3.8) is 0 Å². The molecule has 2 aliphatic rings. The first-order valence-corrected chi connectivity index (χ1v) is 6.82. The molecule has 1 aliphatic heterocycles. The first-order valence-electron chi connectivity index (χ1n) is 6.82. The van der Waals surface area contributed by atoms with Gasteiger partial charge in [0.1, 0.15) is 0 Å². The molecule has 0 aromatic carbocycles. The van der Waals surface area contributed by atoms with Crippen molar-refractivity contribution in [1.29, 1.82) is 0 Å². The molecule has 0 radical (unpaired) electrons. The second-order valence-corrected chi connectivity index (χ2v) is 5.57. The summed E-state index contributed by atoms with van der Waals surface area (Å²) in [6.07, 6.45) is 4.19. The molecule has 1 aliphatic carbocycles. The zero-order valence-electron chi connectivity index (χ0n) is 11.1. The summed E-state index contributed by atoms with van der Waals surface area (Å²) in [6, 6.07) is 0.425. The zero-order valence-corrected chi connectivity index (χ0v) is 11.1. The van der Waals surface area contributed by atoms with Crippen LogP contribution < -0.4 is 5.73 Å². The minimum atomic E-state index is -0.184. The van der Waals surface area contributed by atoms with Gasteiger partial charge in [-0.25, -0.2) is 0 Å². The van der Waals surface area contributed by atoms with Gasteiger partial charge in [0.15, 0.2) is 0 Å². The van der Waals surface area contributed by atoms with E-state index in [2.05, 4.69) is 11.8 Å². The lowest BCUT2D eigenvalue weighted by Gasteiger charge is -2.37. The Bertz CT molecular complexity index is 280. The first-order chi connectivity index (χ1) is 8.13. The van der Waals surface area contributed by atoms with Crippen LogP contribution in [0.2, 0.25) is 0 Å². The third-order valence-electron chi connectivity index (χ3n) is 4.57. The molecule has 0 spiro atoms. The second-order valence-electron chi connectivity index (χ2n) is 5.57. The van der Waals surface area contributed by atoms with Gasteiger partial charge in [-0.1, -0.05) is 6.92 Å². The van der Waals surface area contributed by atoms with Crippen LogP contribution >= 0.6 is 0 Å². The summed E-state index contributed by atoms with van der Waals surface area (Å²) in [6.45, 7) is 6.08. The van der Waals surface area contributed by atoms with Gasteiger partial charge in [0.2, 0.25) is 5.91 Å². The van der Waals surface area contributed by atoms with Crippen molar-refractivity contribution in [1.82, 2.24) is 9.80 Å². The fraction of sp³-hybridized carbons (Fsp3) is 0.923. The van der Waals surface area contributed by atoms with Crippen LogP contribution in [0.5, 0.6) is 0 Å². The van der Waals surface area contributed by atoms with Gasteiger partial charge in [0, 0.05) is 32.7 Å². The topological polar surface area (TPSA) is 49.6 Å². The molecule has 1 heterocycles. The summed E-state index contributed by atoms with van der Waals surface area (Å²) in [7, 11) is 1.96. The van der Waals surface area contributed by atoms with Gasteiger partial charge >= 0.3 is 0 Å². The minimum absolute atomic E-state index is 0.184. The summed E-state index contributed by atoms with van der Waals surface area (Å²) in [4.78, 5) is 16.8. The number of likely N-dealkylation sites (tertiary alicyclic amines) is 1. The number of hydrogen-bond acceptors (Lipinski definition) is 3. The predicted octanol–water partition coefficient (Wildman–Crippen LogP) is 0.668. The molecule has 0 aromatic rings.